The van der Waals surface area contributed by atoms with Crippen molar-refractivity contribution in [1.82, 2.24) is 28.9 Å². The quantitative estimate of drug-likeness (QED) is 0.0213. The Morgan fingerprint density at radius 2 is 0.785 bits per heavy atom. The van der Waals surface area contributed by atoms with Crippen LogP contribution >= 0.6 is 0 Å². The number of fused-ring (bicyclic) bond motifs is 3. The summed E-state index contributed by atoms with van der Waals surface area (Å²) in [6.45, 7) is 19.1. The number of ether oxygens (including phenoxy) is 2. The van der Waals surface area contributed by atoms with Gasteiger partial charge in [-0.3, -0.25) is 15.0 Å². The number of nitriles is 1. The van der Waals surface area contributed by atoms with Gasteiger partial charge in [-0.2, -0.15) is 5.26 Å². The Labute approximate surface area is 637 Å². The summed E-state index contributed by atoms with van der Waals surface area (Å²) in [5, 5.41) is 15.4. The van der Waals surface area contributed by atoms with Gasteiger partial charge in [0.05, 0.1) is 59.1 Å². The Bertz CT molecular complexity index is 4830. The van der Waals surface area contributed by atoms with Crippen molar-refractivity contribution in [3.63, 3.8) is 0 Å². The Kier molecular flexibility index (Phi) is 28.5. The van der Waals surface area contributed by atoms with E-state index < -0.39 is 13.7 Å². The number of nitrogens with zero attached hydrogens (tertiary/aromatic N) is 8. The highest BCUT2D eigenvalue weighted by Gasteiger charge is 2.38. The number of hydrogen-bond donors (Lipinski definition) is 0. The maximum absolute atomic E-state index is 12.8. The van der Waals surface area contributed by atoms with Crippen molar-refractivity contribution < 1.29 is 9.47 Å². The Morgan fingerprint density at radius 3 is 1.21 bits per heavy atom. The molecule has 0 aliphatic carbocycles. The molecule has 0 saturated heterocycles. The molecule has 10 nitrogen and oxygen atoms in total. The zero-order valence-corrected chi connectivity index (χ0v) is 63.7. The summed E-state index contributed by atoms with van der Waals surface area (Å²) in [6.07, 6.45) is 34.7. The standard InChI is InChI=1S/C95H106B2N8O2/c1-6-9-12-15-18-20-22-29-46-72(4)70-106-80-59-44-50-75(65-80)93-90-89(94(82(67-98)87-68-100-83-61-40-42-63-85(83)102-87)104(93)96(76-51-32-25-33-52-76)77-53-34-26-35-54-77)92(74-49-45-60-81(66-74)107-71-73(47-30-23-17-14-11-8-3)48-31-24-21-19-16-13-10-7-2)105(97(78-55-36-27-37-56-78)79-57-38-28-39-58-79)95(90)91(99-5)88-69-101-84-62-41-43-64-86(84)103-88/h25-28,32-45,49-66,68-69,72-73H,6-24,29-31,46-48,70-71H2,1-4H3/b94-82-,95-91+. The molecule has 544 valence electrons. The van der Waals surface area contributed by atoms with Crippen LogP contribution < -0.4 is 42.0 Å². The molecule has 0 aliphatic heterocycles. The van der Waals surface area contributed by atoms with Crippen molar-refractivity contribution >= 4 is 79.7 Å². The topological polar surface area (TPSA) is 108 Å². The van der Waals surface area contributed by atoms with Crippen LogP contribution in [0.25, 0.3) is 71.5 Å². The van der Waals surface area contributed by atoms with Gasteiger partial charge in [-0.25, -0.2) is 9.83 Å². The van der Waals surface area contributed by atoms with Crippen molar-refractivity contribution in [3.8, 4) is 40.1 Å². The fourth-order valence-electron chi connectivity index (χ4n) is 15.8. The molecule has 0 radical (unpaired) electrons. The molecule has 4 heterocycles. The van der Waals surface area contributed by atoms with Crippen molar-refractivity contribution in [2.75, 3.05) is 13.2 Å². The molecule has 2 unspecified atom stereocenters. The smallest absolute Gasteiger partial charge is 0.328 e. The van der Waals surface area contributed by atoms with E-state index in [1.165, 1.54) is 135 Å². The normalized spacial score (nSPS) is 12.6. The molecule has 4 aromatic heterocycles. The van der Waals surface area contributed by atoms with Gasteiger partial charge in [0.15, 0.2) is 0 Å². The van der Waals surface area contributed by atoms with E-state index in [9.17, 15) is 11.8 Å². The van der Waals surface area contributed by atoms with Gasteiger partial charge in [0.1, 0.15) is 28.8 Å². The molecule has 0 spiro atoms. The average molecular weight is 1410 g/mol. The zero-order chi connectivity index (χ0) is 73.8. The van der Waals surface area contributed by atoms with Gasteiger partial charge in [0.2, 0.25) is 5.70 Å². The first kappa shape index (κ1) is 76.4. The predicted molar refractivity (Wildman–Crippen MR) is 449 cm³/mol. The van der Waals surface area contributed by atoms with Gasteiger partial charge < -0.3 is 18.4 Å². The molecule has 8 aromatic carbocycles. The molecule has 2 atom stereocenters. The molecule has 0 fully saturated rings. The minimum atomic E-state index is -0.591. The van der Waals surface area contributed by atoms with Crippen LogP contribution in [-0.2, 0) is 0 Å². The molecule has 0 N–H and O–H groups in total. The van der Waals surface area contributed by atoms with Crippen molar-refractivity contribution in [3.05, 3.63) is 264 Å². The molecular weight excluding hydrogens is 1310 g/mol. The van der Waals surface area contributed by atoms with Gasteiger partial charge in [0.25, 0.3) is 0 Å². The molecule has 107 heavy (non-hydrogen) atoms. The number of aromatic nitrogens is 6. The Morgan fingerprint density at radius 1 is 0.421 bits per heavy atom. The van der Waals surface area contributed by atoms with Crippen LogP contribution in [0.1, 0.15) is 200 Å². The van der Waals surface area contributed by atoms with E-state index in [1.807, 2.05) is 48.5 Å². The molecule has 12 heteroatoms. The number of para-hydroxylation sites is 4. The maximum atomic E-state index is 12.8. The second-order valence-corrected chi connectivity index (χ2v) is 29.5. The first-order valence-electron chi connectivity index (χ1n) is 40.3. The molecule has 0 bridgehead atoms. The van der Waals surface area contributed by atoms with E-state index in [2.05, 4.69) is 213 Å². The third-order valence-corrected chi connectivity index (χ3v) is 21.4. The third-order valence-electron chi connectivity index (χ3n) is 21.4. The molecular formula is C95H106B2N8O2. The average Bonchev–Trinajstić information content (AvgIpc) is 1.52. The van der Waals surface area contributed by atoms with E-state index >= 15 is 0 Å². The summed E-state index contributed by atoms with van der Waals surface area (Å²) >= 11 is 0. The van der Waals surface area contributed by atoms with E-state index in [-0.39, 0.29) is 5.70 Å². The number of hydrogen-bond acceptors (Lipinski definition) is 7. The molecule has 12 rings (SSSR count). The lowest BCUT2D eigenvalue weighted by Gasteiger charge is -2.25. The highest BCUT2D eigenvalue weighted by Crippen LogP contribution is 2.39. The van der Waals surface area contributed by atoms with Crippen LogP contribution in [0.3, 0.4) is 0 Å². The fourth-order valence-corrected chi connectivity index (χ4v) is 15.8. The number of unbranched alkanes of at least 4 members (excludes halogenated alkanes) is 19. The lowest BCUT2D eigenvalue weighted by atomic mass is 9.50. The summed E-state index contributed by atoms with van der Waals surface area (Å²) in [5.41, 5.74) is 11.3. The Hall–Kier alpha value is -10.3. The second-order valence-electron chi connectivity index (χ2n) is 29.5. The molecule has 12 aromatic rings. The van der Waals surface area contributed by atoms with E-state index in [4.69, 9.17) is 34.3 Å². The van der Waals surface area contributed by atoms with Crippen LogP contribution in [0, 0.1) is 29.7 Å². The first-order valence-corrected chi connectivity index (χ1v) is 40.3. The second kappa shape index (κ2) is 39.9. The van der Waals surface area contributed by atoms with Crippen LogP contribution in [-0.4, -0.2) is 55.8 Å². The van der Waals surface area contributed by atoms with E-state index in [0.717, 1.165) is 92.3 Å². The number of rotatable bonds is 41. The number of benzene rings is 8. The van der Waals surface area contributed by atoms with Gasteiger partial charge >= 0.3 is 13.7 Å². The molecule has 0 saturated carbocycles. The van der Waals surface area contributed by atoms with Gasteiger partial charge in [-0.15, -0.1) is 0 Å². The first-order chi connectivity index (χ1) is 52.9. The monoisotopic (exact) mass is 1410 g/mol. The highest BCUT2D eigenvalue weighted by atomic mass is 16.5. The van der Waals surface area contributed by atoms with Crippen molar-refractivity contribution in [2.45, 2.75) is 188 Å². The van der Waals surface area contributed by atoms with Crippen LogP contribution in [0.4, 0.5) is 0 Å². The Balaban J connectivity index is 1.19. The minimum absolute atomic E-state index is 0.286. The summed E-state index contributed by atoms with van der Waals surface area (Å²) in [6, 6.07) is 78.3. The summed E-state index contributed by atoms with van der Waals surface area (Å²) in [7, 11) is 0. The van der Waals surface area contributed by atoms with Gasteiger partial charge in [0, 0.05) is 44.8 Å². The van der Waals surface area contributed by atoms with Crippen LogP contribution in [0.2, 0.25) is 0 Å². The van der Waals surface area contributed by atoms with Gasteiger partial charge in [-0.05, 0) is 79.6 Å². The third kappa shape index (κ3) is 19.5. The SMILES string of the molecule is [C-]#[N+]/C(c1cnc2ccccc2n1)=c1\c2c(-c3cccc(OCC(C)CCCCCCCCCC)c3)n(B(c3ccccc3)c3ccccc3)/c(=C(/C#N)c3cnc4ccccc4n3)c2c(-c2cccc(OCC(CCCCCCCC)CCCCCCCCCC)c2)n1B(c1ccccc1)c1ccccc1. The van der Waals surface area contributed by atoms with Crippen molar-refractivity contribution in [2.24, 2.45) is 11.8 Å². The zero-order valence-electron chi connectivity index (χ0n) is 63.7. The predicted octanol–water partition coefficient (Wildman–Crippen LogP) is 20.6. The molecule has 0 amide bonds. The lowest BCUT2D eigenvalue weighted by Crippen LogP contribution is -2.54. The van der Waals surface area contributed by atoms with E-state index in [1.54, 1.807) is 12.4 Å². The highest BCUT2D eigenvalue weighted by molar-refractivity contribution is 6.85. The summed E-state index contributed by atoms with van der Waals surface area (Å²) < 4.78 is 19.1. The largest absolute Gasteiger partial charge is 0.493 e. The van der Waals surface area contributed by atoms with Crippen LogP contribution in [0.5, 0.6) is 11.5 Å². The van der Waals surface area contributed by atoms with E-state index in [0.29, 0.717) is 74.8 Å². The summed E-state index contributed by atoms with van der Waals surface area (Å²) in [5.74, 6) is 2.17. The lowest BCUT2D eigenvalue weighted by molar-refractivity contribution is 0.224. The summed E-state index contributed by atoms with van der Waals surface area (Å²) in [4.78, 5) is 25.9. The van der Waals surface area contributed by atoms with Gasteiger partial charge in [-0.1, -0.05) is 361 Å². The minimum Gasteiger partial charge on any atom is -0.493 e. The van der Waals surface area contributed by atoms with Crippen LogP contribution in [0.15, 0.2) is 231 Å². The fraction of sp³-hybridized carbons (Fsp3) is 0.347. The maximum Gasteiger partial charge on any atom is 0.328 e. The molecule has 0 aliphatic rings. The van der Waals surface area contributed by atoms with Crippen molar-refractivity contribution in [1.29, 1.82) is 5.26 Å².